The Morgan fingerprint density at radius 2 is 2.19 bits per heavy atom. The maximum absolute atomic E-state index is 11.7. The molecule has 0 aliphatic heterocycles. The van der Waals surface area contributed by atoms with E-state index in [0.29, 0.717) is 11.7 Å². The van der Waals surface area contributed by atoms with Gasteiger partial charge in [0.05, 0.1) is 0 Å². The van der Waals surface area contributed by atoms with Crippen molar-refractivity contribution in [1.29, 1.82) is 0 Å². The number of nitrogens with one attached hydrogen (secondary N) is 2. The second-order valence-electron chi connectivity index (χ2n) is 4.45. The van der Waals surface area contributed by atoms with E-state index >= 15 is 0 Å². The third-order valence-electron chi connectivity index (χ3n) is 2.33. The number of carbonyl (C=O) groups is 1. The lowest BCUT2D eigenvalue weighted by Crippen LogP contribution is -2.30. The van der Waals surface area contributed by atoms with E-state index in [9.17, 15) is 4.79 Å². The van der Waals surface area contributed by atoms with Gasteiger partial charge in [-0.15, -0.1) is 0 Å². The first-order chi connectivity index (χ1) is 7.65. The molecule has 0 radical (unpaired) electrons. The molecule has 1 fully saturated rings. The Morgan fingerprint density at radius 3 is 2.81 bits per heavy atom. The minimum absolute atomic E-state index is 0.116. The third-order valence-corrected chi connectivity index (χ3v) is 2.33. The molecule has 1 aliphatic carbocycles. The molecule has 86 valence electrons. The molecule has 1 aromatic rings. The molecule has 0 saturated heterocycles. The van der Waals surface area contributed by atoms with Crippen LogP contribution in [0.15, 0.2) is 18.2 Å². The van der Waals surface area contributed by atoms with E-state index in [1.54, 1.807) is 6.07 Å². The van der Waals surface area contributed by atoms with Gasteiger partial charge in [-0.05, 0) is 38.8 Å². The first-order valence-corrected chi connectivity index (χ1v) is 5.69. The van der Waals surface area contributed by atoms with Crippen LogP contribution in [0.3, 0.4) is 0 Å². The Hall–Kier alpha value is -1.58. The molecular formula is C12H17N3O. The molecule has 16 heavy (non-hydrogen) atoms. The van der Waals surface area contributed by atoms with Gasteiger partial charge in [0, 0.05) is 12.1 Å². The lowest BCUT2D eigenvalue weighted by molar-refractivity contribution is 0.0938. The Labute approximate surface area is 95.5 Å². The Bertz CT molecular complexity index is 386. The molecule has 1 heterocycles. The molecule has 1 amide bonds. The molecule has 0 aromatic carbocycles. The highest BCUT2D eigenvalue weighted by molar-refractivity contribution is 5.92. The predicted octanol–water partition coefficient (Wildman–Crippen LogP) is 1.79. The third kappa shape index (κ3) is 2.95. The van der Waals surface area contributed by atoms with Crippen molar-refractivity contribution < 1.29 is 4.79 Å². The topological polar surface area (TPSA) is 54.0 Å². The summed E-state index contributed by atoms with van der Waals surface area (Å²) in [4.78, 5) is 16.0. The minimum atomic E-state index is -0.116. The van der Waals surface area contributed by atoms with E-state index in [1.165, 1.54) is 12.8 Å². The number of carbonyl (C=O) groups excluding carboxylic acids is 1. The maximum atomic E-state index is 11.7. The number of hydrogen-bond acceptors (Lipinski definition) is 3. The van der Waals surface area contributed by atoms with Crippen LogP contribution in [-0.4, -0.2) is 23.0 Å². The van der Waals surface area contributed by atoms with E-state index in [-0.39, 0.29) is 11.9 Å². The Balaban J connectivity index is 2.05. The van der Waals surface area contributed by atoms with Crippen LogP contribution in [0.1, 0.15) is 37.2 Å². The first kappa shape index (κ1) is 10.9. The fourth-order valence-corrected chi connectivity index (χ4v) is 1.41. The van der Waals surface area contributed by atoms with Crippen LogP contribution < -0.4 is 10.6 Å². The van der Waals surface area contributed by atoms with Crippen molar-refractivity contribution in [2.75, 3.05) is 5.32 Å². The fourth-order valence-electron chi connectivity index (χ4n) is 1.41. The van der Waals surface area contributed by atoms with Crippen molar-refractivity contribution in [2.45, 2.75) is 38.8 Å². The maximum Gasteiger partial charge on any atom is 0.270 e. The molecule has 2 rings (SSSR count). The number of aromatic nitrogens is 1. The second-order valence-corrected chi connectivity index (χ2v) is 4.45. The van der Waals surface area contributed by atoms with Gasteiger partial charge in [0.2, 0.25) is 0 Å². The van der Waals surface area contributed by atoms with Crippen molar-refractivity contribution in [3.05, 3.63) is 23.9 Å². The monoisotopic (exact) mass is 219 g/mol. The van der Waals surface area contributed by atoms with Crippen molar-refractivity contribution >= 4 is 11.7 Å². The standard InChI is InChI=1S/C12H17N3O/c1-8(2)13-12(16)10-4-3-5-11(15-10)14-9-6-7-9/h3-5,8-9H,6-7H2,1-2H3,(H,13,16)(H,14,15). The van der Waals surface area contributed by atoms with Crippen molar-refractivity contribution in [3.63, 3.8) is 0 Å². The van der Waals surface area contributed by atoms with Crippen molar-refractivity contribution in [3.8, 4) is 0 Å². The molecule has 0 unspecified atom stereocenters. The minimum Gasteiger partial charge on any atom is -0.367 e. The van der Waals surface area contributed by atoms with Crippen LogP contribution in [0.25, 0.3) is 0 Å². The fraction of sp³-hybridized carbons (Fsp3) is 0.500. The van der Waals surface area contributed by atoms with Gasteiger partial charge in [-0.2, -0.15) is 0 Å². The predicted molar refractivity (Wildman–Crippen MR) is 63.5 cm³/mol. The molecule has 1 aromatic heterocycles. The molecule has 4 nitrogen and oxygen atoms in total. The first-order valence-electron chi connectivity index (χ1n) is 5.69. The van der Waals surface area contributed by atoms with E-state index in [1.807, 2.05) is 26.0 Å². The zero-order valence-electron chi connectivity index (χ0n) is 9.66. The summed E-state index contributed by atoms with van der Waals surface area (Å²) in [5.74, 6) is 0.674. The van der Waals surface area contributed by atoms with E-state index in [4.69, 9.17) is 0 Å². The molecule has 1 aliphatic rings. The highest BCUT2D eigenvalue weighted by Crippen LogP contribution is 2.23. The quantitative estimate of drug-likeness (QED) is 0.811. The summed E-state index contributed by atoms with van der Waals surface area (Å²) in [6.07, 6.45) is 2.40. The summed E-state index contributed by atoms with van der Waals surface area (Å²) in [7, 11) is 0. The summed E-state index contributed by atoms with van der Waals surface area (Å²) in [6, 6.07) is 6.16. The lowest BCUT2D eigenvalue weighted by atomic mass is 10.3. The molecular weight excluding hydrogens is 202 g/mol. The van der Waals surface area contributed by atoms with Crippen LogP contribution in [0.2, 0.25) is 0 Å². The zero-order valence-corrected chi connectivity index (χ0v) is 9.66. The molecule has 0 bridgehead atoms. The van der Waals surface area contributed by atoms with Gasteiger partial charge in [-0.3, -0.25) is 4.79 Å². The Kier molecular flexibility index (Phi) is 3.08. The van der Waals surface area contributed by atoms with Crippen molar-refractivity contribution in [1.82, 2.24) is 10.3 Å². The van der Waals surface area contributed by atoms with Gasteiger partial charge in [0.25, 0.3) is 5.91 Å². The SMILES string of the molecule is CC(C)NC(=O)c1cccc(NC2CC2)n1. The highest BCUT2D eigenvalue weighted by atomic mass is 16.1. The number of anilines is 1. The highest BCUT2D eigenvalue weighted by Gasteiger charge is 2.21. The second kappa shape index (κ2) is 4.51. The van der Waals surface area contributed by atoms with Gasteiger partial charge in [-0.1, -0.05) is 6.07 Å². The molecule has 2 N–H and O–H groups in total. The summed E-state index contributed by atoms with van der Waals surface area (Å²) in [6.45, 7) is 3.87. The molecule has 4 heteroatoms. The summed E-state index contributed by atoms with van der Waals surface area (Å²) in [5, 5.41) is 6.10. The van der Waals surface area contributed by atoms with Gasteiger partial charge in [0.15, 0.2) is 0 Å². The van der Waals surface area contributed by atoms with Crippen molar-refractivity contribution in [2.24, 2.45) is 0 Å². The number of nitrogens with zero attached hydrogens (tertiary/aromatic N) is 1. The van der Waals surface area contributed by atoms with Crippen LogP contribution in [0, 0.1) is 0 Å². The lowest BCUT2D eigenvalue weighted by Gasteiger charge is -2.09. The van der Waals surface area contributed by atoms with Crippen LogP contribution in [0.4, 0.5) is 5.82 Å². The molecule has 1 saturated carbocycles. The van der Waals surface area contributed by atoms with E-state index < -0.39 is 0 Å². The largest absolute Gasteiger partial charge is 0.367 e. The smallest absolute Gasteiger partial charge is 0.270 e. The average molecular weight is 219 g/mol. The summed E-state index contributed by atoms with van der Waals surface area (Å²) < 4.78 is 0. The number of amides is 1. The van der Waals surface area contributed by atoms with E-state index in [2.05, 4.69) is 15.6 Å². The van der Waals surface area contributed by atoms with Crippen LogP contribution in [0.5, 0.6) is 0 Å². The van der Waals surface area contributed by atoms with Gasteiger partial charge < -0.3 is 10.6 Å². The van der Waals surface area contributed by atoms with Crippen LogP contribution >= 0.6 is 0 Å². The average Bonchev–Trinajstić information content (AvgIpc) is 3.01. The molecule has 0 atom stereocenters. The summed E-state index contributed by atoms with van der Waals surface area (Å²) >= 11 is 0. The normalized spacial score (nSPS) is 14.9. The summed E-state index contributed by atoms with van der Waals surface area (Å²) in [5.41, 5.74) is 0.472. The number of pyridine rings is 1. The molecule has 0 spiro atoms. The van der Waals surface area contributed by atoms with E-state index in [0.717, 1.165) is 5.82 Å². The van der Waals surface area contributed by atoms with Crippen LogP contribution in [-0.2, 0) is 0 Å². The number of rotatable bonds is 4. The Morgan fingerprint density at radius 1 is 1.44 bits per heavy atom. The van der Waals surface area contributed by atoms with Gasteiger partial charge in [-0.25, -0.2) is 4.98 Å². The van der Waals surface area contributed by atoms with Gasteiger partial charge in [0.1, 0.15) is 11.5 Å². The van der Waals surface area contributed by atoms with Gasteiger partial charge >= 0.3 is 0 Å². The zero-order chi connectivity index (χ0) is 11.5. The number of hydrogen-bond donors (Lipinski definition) is 2.